The Balaban J connectivity index is 0.00000243. The van der Waals surface area contributed by atoms with Crippen LogP contribution in [0.15, 0.2) is 24.3 Å². The molecule has 2 aromatic rings. The van der Waals surface area contributed by atoms with E-state index in [-0.39, 0.29) is 24.1 Å². The van der Waals surface area contributed by atoms with Crippen LogP contribution in [0.2, 0.25) is 0 Å². The average Bonchev–Trinajstić information content (AvgIpc) is 3.26. The summed E-state index contributed by atoms with van der Waals surface area (Å²) >= 11 is 0. The molecule has 2 heterocycles. The van der Waals surface area contributed by atoms with Gasteiger partial charge >= 0.3 is 0 Å². The summed E-state index contributed by atoms with van der Waals surface area (Å²) in [6, 6.07) is 5.59. The van der Waals surface area contributed by atoms with Gasteiger partial charge in [0, 0.05) is 13.0 Å². The van der Waals surface area contributed by atoms with Gasteiger partial charge in [-0.25, -0.2) is 9.07 Å². The predicted molar refractivity (Wildman–Crippen MR) is 97.5 cm³/mol. The molecule has 1 aromatic heterocycles. The Bertz CT molecular complexity index is 702. The number of aromatic nitrogens is 4. The number of benzene rings is 1. The smallest absolute Gasteiger partial charge is 0.245 e. The monoisotopic (exact) mass is 382 g/mol. The van der Waals surface area contributed by atoms with Gasteiger partial charge in [-0.15, -0.1) is 17.5 Å². The molecular formula is C17H24ClFN6O. The number of hydrogen-bond donors (Lipinski definition) is 2. The first-order valence-corrected chi connectivity index (χ1v) is 8.61. The molecule has 7 nitrogen and oxygen atoms in total. The maximum atomic E-state index is 13.1. The highest BCUT2D eigenvalue weighted by molar-refractivity contribution is 5.85. The quantitative estimate of drug-likeness (QED) is 0.757. The van der Waals surface area contributed by atoms with Crippen molar-refractivity contribution in [2.45, 2.75) is 32.2 Å². The molecule has 142 valence electrons. The number of tetrazole rings is 1. The number of carbonyl (C=O) groups is 1. The molecule has 2 unspecified atom stereocenters. The number of nitrogens with zero attached hydrogens (tertiary/aromatic N) is 4. The molecule has 0 bridgehead atoms. The summed E-state index contributed by atoms with van der Waals surface area (Å²) in [6.45, 7) is 4.46. The number of rotatable bonds is 7. The molecule has 26 heavy (non-hydrogen) atoms. The van der Waals surface area contributed by atoms with E-state index in [1.807, 2.05) is 0 Å². The molecule has 1 aliphatic heterocycles. The van der Waals surface area contributed by atoms with Crippen LogP contribution < -0.4 is 10.6 Å². The molecule has 0 radical (unpaired) electrons. The van der Waals surface area contributed by atoms with Gasteiger partial charge in [0.25, 0.3) is 0 Å². The summed E-state index contributed by atoms with van der Waals surface area (Å²) in [4.78, 5) is 12.7. The molecule has 1 saturated heterocycles. The normalized spacial score (nSPS) is 17.5. The summed E-state index contributed by atoms with van der Waals surface area (Å²) in [5.41, 5.74) is 0.858. The molecule has 9 heteroatoms. The number of carbonyl (C=O) groups excluding carboxylic acids is 1. The minimum Gasteiger partial charge on any atom is -0.354 e. The van der Waals surface area contributed by atoms with E-state index in [4.69, 9.17) is 0 Å². The van der Waals surface area contributed by atoms with Crippen LogP contribution in [0.3, 0.4) is 0 Å². The lowest BCUT2D eigenvalue weighted by molar-refractivity contribution is -0.124. The zero-order chi connectivity index (χ0) is 17.6. The molecule has 1 aliphatic rings. The van der Waals surface area contributed by atoms with Crippen molar-refractivity contribution in [2.75, 3.05) is 19.6 Å². The van der Waals surface area contributed by atoms with Crippen LogP contribution in [0.4, 0.5) is 4.39 Å². The zero-order valence-corrected chi connectivity index (χ0v) is 15.5. The Morgan fingerprint density at radius 2 is 2.19 bits per heavy atom. The molecule has 1 amide bonds. The second kappa shape index (κ2) is 9.59. The number of hydrogen-bond acceptors (Lipinski definition) is 5. The summed E-state index contributed by atoms with van der Waals surface area (Å²) in [6.07, 6.45) is 2.51. The lowest BCUT2D eigenvalue weighted by Crippen LogP contribution is -2.36. The maximum absolute atomic E-state index is 13.1. The molecule has 2 atom stereocenters. The van der Waals surface area contributed by atoms with Crippen LogP contribution in [0.25, 0.3) is 0 Å². The first-order chi connectivity index (χ1) is 12.1. The summed E-state index contributed by atoms with van der Waals surface area (Å²) in [5.74, 6) is 0.770. The van der Waals surface area contributed by atoms with Crippen LogP contribution >= 0.6 is 12.4 Å². The minimum absolute atomic E-state index is 0. The number of amides is 1. The molecule has 2 N–H and O–H groups in total. The van der Waals surface area contributed by atoms with Gasteiger partial charge in [-0.1, -0.05) is 12.1 Å². The third kappa shape index (κ3) is 5.22. The largest absolute Gasteiger partial charge is 0.354 e. The Morgan fingerprint density at radius 3 is 2.81 bits per heavy atom. The van der Waals surface area contributed by atoms with E-state index >= 15 is 0 Å². The van der Waals surface area contributed by atoms with Crippen molar-refractivity contribution >= 4 is 18.3 Å². The van der Waals surface area contributed by atoms with E-state index in [0.29, 0.717) is 24.7 Å². The highest BCUT2D eigenvalue weighted by Gasteiger charge is 2.24. The van der Waals surface area contributed by atoms with Crippen molar-refractivity contribution in [3.8, 4) is 0 Å². The summed E-state index contributed by atoms with van der Waals surface area (Å²) < 4.78 is 14.6. The lowest BCUT2D eigenvalue weighted by atomic mass is 10.0. The van der Waals surface area contributed by atoms with E-state index in [0.717, 1.165) is 31.5 Å². The van der Waals surface area contributed by atoms with Crippen molar-refractivity contribution in [1.29, 1.82) is 0 Å². The van der Waals surface area contributed by atoms with Gasteiger partial charge in [0.05, 0.1) is 0 Å². The van der Waals surface area contributed by atoms with Crippen LogP contribution in [0, 0.1) is 18.7 Å². The molecule has 0 saturated carbocycles. The second-order valence-electron chi connectivity index (χ2n) is 6.46. The van der Waals surface area contributed by atoms with E-state index in [2.05, 4.69) is 26.2 Å². The first kappa shape index (κ1) is 20.3. The van der Waals surface area contributed by atoms with Gasteiger partial charge in [-0.05, 0) is 66.9 Å². The molecule has 1 aromatic carbocycles. The molecule has 1 fully saturated rings. The highest BCUT2D eigenvalue weighted by Crippen LogP contribution is 2.16. The highest BCUT2D eigenvalue weighted by atomic mass is 35.5. The van der Waals surface area contributed by atoms with E-state index in [1.54, 1.807) is 19.1 Å². The second-order valence-corrected chi connectivity index (χ2v) is 6.46. The summed E-state index contributed by atoms with van der Waals surface area (Å²) in [7, 11) is 0. The number of aryl methyl sites for hydroxylation is 1. The van der Waals surface area contributed by atoms with Crippen molar-refractivity contribution < 1.29 is 9.18 Å². The molecule has 0 spiro atoms. The van der Waals surface area contributed by atoms with Crippen LogP contribution in [0.1, 0.15) is 30.3 Å². The van der Waals surface area contributed by atoms with Crippen LogP contribution in [-0.4, -0.2) is 45.7 Å². The Labute approximate surface area is 158 Å². The fourth-order valence-corrected chi connectivity index (χ4v) is 3.14. The fraction of sp³-hybridized carbons (Fsp3) is 0.529. The van der Waals surface area contributed by atoms with Crippen molar-refractivity contribution in [1.82, 2.24) is 30.8 Å². The number of halogens is 2. The SMILES string of the molecule is Cc1nnnn1C(Cc1ccc(F)cc1)C(=O)NCCC1CCNC1.Cl. The average molecular weight is 383 g/mol. The third-order valence-corrected chi connectivity index (χ3v) is 4.61. The molecule has 0 aliphatic carbocycles. The van der Waals surface area contributed by atoms with Crippen molar-refractivity contribution in [3.63, 3.8) is 0 Å². The lowest BCUT2D eigenvalue weighted by Gasteiger charge is -2.18. The number of nitrogens with one attached hydrogen (secondary N) is 2. The Hall–Kier alpha value is -2.06. The maximum Gasteiger partial charge on any atom is 0.245 e. The Kier molecular flexibility index (Phi) is 7.47. The third-order valence-electron chi connectivity index (χ3n) is 4.61. The van der Waals surface area contributed by atoms with Gasteiger partial charge in [0.2, 0.25) is 5.91 Å². The van der Waals surface area contributed by atoms with Gasteiger partial charge in [-0.3, -0.25) is 4.79 Å². The standard InChI is InChI=1S/C17H23FN6O.ClH/c1-12-21-22-23-24(12)16(10-13-2-4-15(18)5-3-13)17(25)20-9-7-14-6-8-19-11-14;/h2-5,14,16,19H,6-11H2,1H3,(H,20,25);1H. The van der Waals surface area contributed by atoms with E-state index < -0.39 is 6.04 Å². The fourth-order valence-electron chi connectivity index (χ4n) is 3.14. The van der Waals surface area contributed by atoms with Crippen LogP contribution in [0.5, 0.6) is 0 Å². The van der Waals surface area contributed by atoms with Gasteiger partial charge in [0.15, 0.2) is 0 Å². The van der Waals surface area contributed by atoms with Crippen molar-refractivity contribution in [3.05, 3.63) is 41.5 Å². The minimum atomic E-state index is -0.554. The van der Waals surface area contributed by atoms with E-state index in [9.17, 15) is 9.18 Å². The molecule has 3 rings (SSSR count). The van der Waals surface area contributed by atoms with Gasteiger partial charge in [-0.2, -0.15) is 0 Å². The van der Waals surface area contributed by atoms with Crippen LogP contribution in [-0.2, 0) is 11.2 Å². The van der Waals surface area contributed by atoms with Gasteiger partial charge < -0.3 is 10.6 Å². The zero-order valence-electron chi connectivity index (χ0n) is 14.7. The van der Waals surface area contributed by atoms with Gasteiger partial charge in [0.1, 0.15) is 17.7 Å². The Morgan fingerprint density at radius 1 is 1.42 bits per heavy atom. The van der Waals surface area contributed by atoms with Crippen molar-refractivity contribution in [2.24, 2.45) is 5.92 Å². The predicted octanol–water partition coefficient (Wildman–Crippen LogP) is 1.44. The first-order valence-electron chi connectivity index (χ1n) is 8.61. The molecular weight excluding hydrogens is 359 g/mol. The van der Waals surface area contributed by atoms with E-state index in [1.165, 1.54) is 16.8 Å². The topological polar surface area (TPSA) is 84.7 Å². The summed E-state index contributed by atoms with van der Waals surface area (Å²) in [5, 5.41) is 17.8.